The summed E-state index contributed by atoms with van der Waals surface area (Å²) < 4.78 is 7.60. The van der Waals surface area contributed by atoms with Crippen LogP contribution < -0.4 is 10.1 Å². The second-order valence-corrected chi connectivity index (χ2v) is 7.08. The minimum atomic E-state index is -0.0724. The molecule has 0 bridgehead atoms. The molecule has 5 nitrogen and oxygen atoms in total. The summed E-state index contributed by atoms with van der Waals surface area (Å²) in [5.41, 5.74) is 4.36. The molecule has 3 aromatic rings. The normalized spacial score (nSPS) is 10.7. The Kier molecular flexibility index (Phi) is 5.73. The minimum absolute atomic E-state index is 0.0724. The molecule has 0 radical (unpaired) electrons. The van der Waals surface area contributed by atoms with Crippen molar-refractivity contribution in [2.75, 3.05) is 0 Å². The largest absolute Gasteiger partial charge is 0.489 e. The smallest absolute Gasteiger partial charge is 0.261 e. The molecule has 26 heavy (non-hydrogen) atoms. The van der Waals surface area contributed by atoms with Crippen LogP contribution in [0.4, 0.5) is 0 Å². The van der Waals surface area contributed by atoms with E-state index in [0.29, 0.717) is 18.0 Å². The van der Waals surface area contributed by atoms with Crippen LogP contribution in [0.5, 0.6) is 5.75 Å². The molecule has 3 rings (SSSR count). The van der Waals surface area contributed by atoms with Crippen molar-refractivity contribution >= 4 is 17.2 Å². The summed E-state index contributed by atoms with van der Waals surface area (Å²) in [5, 5.41) is 9.10. The predicted octanol–water partition coefficient (Wildman–Crippen LogP) is 3.86. The number of nitrogens with one attached hydrogen (secondary N) is 1. The van der Waals surface area contributed by atoms with E-state index in [1.165, 1.54) is 16.9 Å². The van der Waals surface area contributed by atoms with Crippen molar-refractivity contribution in [1.29, 1.82) is 0 Å². The Labute approximate surface area is 157 Å². The third-order valence-corrected chi connectivity index (χ3v) is 5.37. The summed E-state index contributed by atoms with van der Waals surface area (Å²) in [7, 11) is 1.89. The first-order valence-corrected chi connectivity index (χ1v) is 9.49. The van der Waals surface area contributed by atoms with Gasteiger partial charge in [0.25, 0.3) is 5.91 Å². The van der Waals surface area contributed by atoms with Crippen molar-refractivity contribution in [2.24, 2.45) is 7.05 Å². The number of carbonyl (C=O) groups excluding carboxylic acids is 1. The third-order valence-electron chi connectivity index (χ3n) is 4.39. The van der Waals surface area contributed by atoms with Crippen LogP contribution in [0.1, 0.15) is 39.0 Å². The zero-order valence-electron chi connectivity index (χ0n) is 15.3. The fraction of sp³-hybridized carbons (Fsp3) is 0.300. The van der Waals surface area contributed by atoms with Crippen LogP contribution in [0.3, 0.4) is 0 Å². The van der Waals surface area contributed by atoms with Gasteiger partial charge in [-0.25, -0.2) is 0 Å². The van der Waals surface area contributed by atoms with Gasteiger partial charge in [-0.3, -0.25) is 9.48 Å². The second kappa shape index (κ2) is 8.19. The standard InChI is InChI=1S/C20H23N3O2S/c1-4-15-5-7-18(8-6-15)25-12-16-9-19(26-13-16)20(24)21-10-17-11-22-23(3)14(17)2/h5-9,11,13H,4,10,12H2,1-3H3,(H,21,24). The maximum absolute atomic E-state index is 12.3. The molecule has 2 aromatic heterocycles. The van der Waals surface area contributed by atoms with E-state index in [-0.39, 0.29) is 5.91 Å². The molecule has 0 aliphatic heterocycles. The van der Waals surface area contributed by atoms with Crippen molar-refractivity contribution in [3.8, 4) is 5.75 Å². The van der Waals surface area contributed by atoms with Gasteiger partial charge < -0.3 is 10.1 Å². The number of ether oxygens (including phenoxy) is 1. The molecular weight excluding hydrogens is 346 g/mol. The molecule has 2 heterocycles. The fourth-order valence-electron chi connectivity index (χ4n) is 2.54. The summed E-state index contributed by atoms with van der Waals surface area (Å²) in [6.07, 6.45) is 2.80. The maximum Gasteiger partial charge on any atom is 0.261 e. The lowest BCUT2D eigenvalue weighted by molar-refractivity contribution is 0.0955. The molecule has 0 unspecified atom stereocenters. The Bertz CT molecular complexity index is 881. The van der Waals surface area contributed by atoms with Gasteiger partial charge in [0.2, 0.25) is 0 Å². The van der Waals surface area contributed by atoms with Crippen LogP contribution in [0.2, 0.25) is 0 Å². The number of carbonyl (C=O) groups is 1. The third kappa shape index (κ3) is 4.32. The Morgan fingerprint density at radius 2 is 2.04 bits per heavy atom. The lowest BCUT2D eigenvalue weighted by Gasteiger charge is -2.05. The van der Waals surface area contributed by atoms with E-state index >= 15 is 0 Å². The predicted molar refractivity (Wildman–Crippen MR) is 104 cm³/mol. The molecule has 1 aromatic carbocycles. The van der Waals surface area contributed by atoms with Crippen molar-refractivity contribution in [3.63, 3.8) is 0 Å². The molecule has 0 spiro atoms. The number of aromatic nitrogens is 2. The van der Waals surface area contributed by atoms with E-state index in [2.05, 4.69) is 29.5 Å². The quantitative estimate of drug-likeness (QED) is 0.688. The summed E-state index contributed by atoms with van der Waals surface area (Å²) in [6.45, 7) is 5.05. The molecule has 0 saturated heterocycles. The highest BCUT2D eigenvalue weighted by atomic mass is 32.1. The average molecular weight is 369 g/mol. The van der Waals surface area contributed by atoms with E-state index in [1.54, 1.807) is 10.9 Å². The van der Waals surface area contributed by atoms with Gasteiger partial charge in [-0.05, 0) is 42.5 Å². The Balaban J connectivity index is 1.53. The SMILES string of the molecule is CCc1ccc(OCc2csc(C(=O)NCc3cnn(C)c3C)c2)cc1. The second-order valence-electron chi connectivity index (χ2n) is 6.17. The van der Waals surface area contributed by atoms with Gasteiger partial charge >= 0.3 is 0 Å². The number of hydrogen-bond acceptors (Lipinski definition) is 4. The van der Waals surface area contributed by atoms with Crippen LogP contribution in [0.25, 0.3) is 0 Å². The molecular formula is C20H23N3O2S. The highest BCUT2D eigenvalue weighted by Gasteiger charge is 2.11. The molecule has 0 aliphatic rings. The molecule has 6 heteroatoms. The highest BCUT2D eigenvalue weighted by Crippen LogP contribution is 2.19. The maximum atomic E-state index is 12.3. The average Bonchev–Trinajstić information content (AvgIpc) is 3.26. The molecule has 1 amide bonds. The number of aryl methyl sites for hydroxylation is 2. The van der Waals surface area contributed by atoms with E-state index in [9.17, 15) is 4.79 Å². The van der Waals surface area contributed by atoms with Gasteiger partial charge in [0.1, 0.15) is 12.4 Å². The zero-order chi connectivity index (χ0) is 18.5. The van der Waals surface area contributed by atoms with Gasteiger partial charge in [-0.1, -0.05) is 19.1 Å². The van der Waals surface area contributed by atoms with Gasteiger partial charge in [0.05, 0.1) is 11.1 Å². The Hall–Kier alpha value is -2.60. The van der Waals surface area contributed by atoms with Crippen LogP contribution in [0, 0.1) is 6.92 Å². The highest BCUT2D eigenvalue weighted by molar-refractivity contribution is 7.12. The van der Waals surface area contributed by atoms with E-state index < -0.39 is 0 Å². The van der Waals surface area contributed by atoms with Crippen LogP contribution in [0.15, 0.2) is 41.9 Å². The number of hydrogen-bond donors (Lipinski definition) is 1. The number of nitrogens with zero attached hydrogens (tertiary/aromatic N) is 2. The van der Waals surface area contributed by atoms with Gasteiger partial charge in [-0.15, -0.1) is 11.3 Å². The van der Waals surface area contributed by atoms with Crippen LogP contribution >= 0.6 is 11.3 Å². The lowest BCUT2D eigenvalue weighted by atomic mass is 10.2. The number of thiophene rings is 1. The van der Waals surface area contributed by atoms with Gasteiger partial charge in [0, 0.05) is 30.4 Å². The summed E-state index contributed by atoms with van der Waals surface area (Å²) in [5.74, 6) is 0.767. The molecule has 136 valence electrons. The first-order valence-electron chi connectivity index (χ1n) is 8.61. The monoisotopic (exact) mass is 369 g/mol. The van der Waals surface area contributed by atoms with Crippen LogP contribution in [-0.2, 0) is 26.6 Å². The molecule has 0 atom stereocenters. The number of rotatable bonds is 7. The van der Waals surface area contributed by atoms with Crippen molar-refractivity contribution in [1.82, 2.24) is 15.1 Å². The Morgan fingerprint density at radius 1 is 1.27 bits per heavy atom. The molecule has 0 saturated carbocycles. The van der Waals surface area contributed by atoms with Crippen molar-refractivity contribution in [2.45, 2.75) is 33.4 Å². The first-order chi connectivity index (χ1) is 12.6. The lowest BCUT2D eigenvalue weighted by Crippen LogP contribution is -2.22. The topological polar surface area (TPSA) is 56.1 Å². The fourth-order valence-corrected chi connectivity index (χ4v) is 3.35. The summed E-state index contributed by atoms with van der Waals surface area (Å²) in [4.78, 5) is 13.0. The van der Waals surface area contributed by atoms with E-state index in [4.69, 9.17) is 4.74 Å². The molecule has 0 aliphatic carbocycles. The first kappa shape index (κ1) is 18.2. The van der Waals surface area contributed by atoms with E-state index in [1.807, 2.05) is 37.6 Å². The van der Waals surface area contributed by atoms with Crippen molar-refractivity contribution in [3.05, 3.63) is 69.2 Å². The van der Waals surface area contributed by atoms with Gasteiger partial charge in [0.15, 0.2) is 0 Å². The van der Waals surface area contributed by atoms with Crippen molar-refractivity contribution < 1.29 is 9.53 Å². The minimum Gasteiger partial charge on any atom is -0.489 e. The molecule has 0 fully saturated rings. The number of benzene rings is 1. The number of amides is 1. The summed E-state index contributed by atoms with van der Waals surface area (Å²) >= 11 is 1.43. The van der Waals surface area contributed by atoms with Gasteiger partial charge in [-0.2, -0.15) is 5.10 Å². The summed E-state index contributed by atoms with van der Waals surface area (Å²) in [6, 6.07) is 9.99. The zero-order valence-corrected chi connectivity index (χ0v) is 16.1. The Morgan fingerprint density at radius 3 is 2.69 bits per heavy atom. The molecule has 1 N–H and O–H groups in total. The van der Waals surface area contributed by atoms with Crippen LogP contribution in [-0.4, -0.2) is 15.7 Å². The van der Waals surface area contributed by atoms with E-state index in [0.717, 1.165) is 29.0 Å².